The molecule has 4 nitrogen and oxygen atoms in total. The van der Waals surface area contributed by atoms with E-state index in [1.807, 2.05) is 48.5 Å². The zero-order valence-electron chi connectivity index (χ0n) is 12.5. The number of nitrogens with two attached hydrogens (primary N) is 1. The zero-order chi connectivity index (χ0) is 16.6. The molecule has 1 heterocycles. The highest BCUT2D eigenvalue weighted by Crippen LogP contribution is 2.26. The minimum absolute atomic E-state index is 0.0893. The van der Waals surface area contributed by atoms with Gasteiger partial charge in [0.2, 0.25) is 5.91 Å². The van der Waals surface area contributed by atoms with Gasteiger partial charge in [0.1, 0.15) is 0 Å². The Labute approximate surface area is 142 Å². The molecule has 0 aliphatic carbocycles. The summed E-state index contributed by atoms with van der Waals surface area (Å²) in [4.78, 5) is 24.5. The first-order chi connectivity index (χ1) is 11.0. The van der Waals surface area contributed by atoms with Gasteiger partial charge in [-0.25, -0.2) is 0 Å². The quantitative estimate of drug-likeness (QED) is 0.763. The highest BCUT2D eigenvalue weighted by Gasteiger charge is 2.21. The van der Waals surface area contributed by atoms with Crippen LogP contribution in [0.5, 0.6) is 0 Å². The lowest BCUT2D eigenvalue weighted by molar-refractivity contribution is 0.0917. The van der Waals surface area contributed by atoms with E-state index >= 15 is 0 Å². The molecule has 2 aromatic carbocycles. The number of carbonyl (C=O) groups excluding carboxylic acids is 2. The summed E-state index contributed by atoms with van der Waals surface area (Å²) in [6.45, 7) is 1.75. The lowest BCUT2D eigenvalue weighted by Crippen LogP contribution is -2.17. The maximum atomic E-state index is 12.8. The van der Waals surface area contributed by atoms with Crippen LogP contribution in [0.3, 0.4) is 0 Å². The molecule has 0 radical (unpaired) electrons. The summed E-state index contributed by atoms with van der Waals surface area (Å²) in [5.41, 5.74) is 8.11. The van der Waals surface area contributed by atoms with Crippen LogP contribution < -0.4 is 5.73 Å². The fourth-order valence-electron chi connectivity index (χ4n) is 2.86. The summed E-state index contributed by atoms with van der Waals surface area (Å²) in [6, 6.07) is 14.9. The van der Waals surface area contributed by atoms with Crippen molar-refractivity contribution < 1.29 is 9.59 Å². The first kappa shape index (κ1) is 15.5. The van der Waals surface area contributed by atoms with Gasteiger partial charge in [-0.05, 0) is 30.7 Å². The maximum Gasteiger partial charge on any atom is 0.251 e. The van der Waals surface area contributed by atoms with Crippen LogP contribution in [0.25, 0.3) is 10.9 Å². The maximum absolute atomic E-state index is 12.8. The van der Waals surface area contributed by atoms with Gasteiger partial charge in [0.05, 0.1) is 17.5 Å². The highest BCUT2D eigenvalue weighted by atomic mass is 79.9. The van der Waals surface area contributed by atoms with Gasteiger partial charge in [-0.3, -0.25) is 14.2 Å². The van der Waals surface area contributed by atoms with Crippen molar-refractivity contribution in [2.24, 2.45) is 5.73 Å². The first-order valence-electron chi connectivity index (χ1n) is 7.16. The number of fused-ring (bicyclic) bond motifs is 1. The summed E-state index contributed by atoms with van der Waals surface area (Å²) < 4.78 is 2.55. The van der Waals surface area contributed by atoms with E-state index in [-0.39, 0.29) is 12.3 Å². The first-order valence-corrected chi connectivity index (χ1v) is 7.96. The topological polar surface area (TPSA) is 65.1 Å². The predicted octanol–water partition coefficient (Wildman–Crippen LogP) is 3.69. The average molecular weight is 371 g/mol. The molecule has 0 fully saturated rings. The molecule has 23 heavy (non-hydrogen) atoms. The van der Waals surface area contributed by atoms with Crippen LogP contribution in [-0.4, -0.2) is 16.4 Å². The summed E-state index contributed by atoms with van der Waals surface area (Å²) >= 11 is 3.38. The van der Waals surface area contributed by atoms with Gasteiger partial charge in [0.25, 0.3) is 5.91 Å². The molecule has 0 spiro atoms. The Bertz CT molecular complexity index is 911. The predicted molar refractivity (Wildman–Crippen MR) is 93.7 cm³/mol. The van der Waals surface area contributed by atoms with Gasteiger partial charge in [-0.2, -0.15) is 0 Å². The standard InChI is InChI=1S/C18H15BrN2O2/c1-11-17(18(20)23)14-4-2-3-5-15(14)21(11)16(22)10-12-6-8-13(19)9-7-12/h2-9H,10H2,1H3,(H2,20,23). The number of para-hydroxylation sites is 1. The number of hydrogen-bond acceptors (Lipinski definition) is 2. The fraction of sp³-hybridized carbons (Fsp3) is 0.111. The van der Waals surface area contributed by atoms with Crippen molar-refractivity contribution >= 4 is 38.6 Å². The van der Waals surface area contributed by atoms with E-state index in [9.17, 15) is 9.59 Å². The summed E-state index contributed by atoms with van der Waals surface area (Å²) in [5.74, 6) is -0.609. The minimum Gasteiger partial charge on any atom is -0.366 e. The Morgan fingerprint density at radius 3 is 2.39 bits per heavy atom. The Balaban J connectivity index is 2.08. The Hall–Kier alpha value is -2.40. The number of rotatable bonds is 3. The normalized spacial score (nSPS) is 10.9. The molecule has 3 rings (SSSR count). The van der Waals surface area contributed by atoms with E-state index in [2.05, 4.69) is 15.9 Å². The number of nitrogens with zero attached hydrogens (tertiary/aromatic N) is 1. The van der Waals surface area contributed by atoms with Crippen molar-refractivity contribution in [3.05, 3.63) is 69.8 Å². The lowest BCUT2D eigenvalue weighted by Gasteiger charge is -2.07. The van der Waals surface area contributed by atoms with Crippen LogP contribution in [-0.2, 0) is 6.42 Å². The zero-order valence-corrected chi connectivity index (χ0v) is 14.1. The average Bonchev–Trinajstić information content (AvgIpc) is 2.81. The number of primary amides is 1. The fourth-order valence-corrected chi connectivity index (χ4v) is 3.12. The van der Waals surface area contributed by atoms with Gasteiger partial charge in [-0.15, -0.1) is 0 Å². The van der Waals surface area contributed by atoms with E-state index in [0.717, 1.165) is 10.0 Å². The Morgan fingerprint density at radius 2 is 1.74 bits per heavy atom. The van der Waals surface area contributed by atoms with Gasteiger partial charge in [0, 0.05) is 15.6 Å². The molecular formula is C18H15BrN2O2. The van der Waals surface area contributed by atoms with Crippen LogP contribution in [0.15, 0.2) is 53.0 Å². The van der Waals surface area contributed by atoms with Crippen LogP contribution in [0.1, 0.15) is 26.4 Å². The third kappa shape index (κ3) is 2.80. The minimum atomic E-state index is -0.520. The van der Waals surface area contributed by atoms with E-state index in [1.54, 1.807) is 11.5 Å². The van der Waals surface area contributed by atoms with Crippen molar-refractivity contribution in [3.63, 3.8) is 0 Å². The van der Waals surface area contributed by atoms with Gasteiger partial charge in [-0.1, -0.05) is 46.3 Å². The monoisotopic (exact) mass is 370 g/mol. The van der Waals surface area contributed by atoms with E-state index in [0.29, 0.717) is 22.2 Å². The van der Waals surface area contributed by atoms with E-state index in [4.69, 9.17) is 5.73 Å². The van der Waals surface area contributed by atoms with Crippen LogP contribution in [0.2, 0.25) is 0 Å². The second kappa shape index (κ2) is 6.01. The van der Waals surface area contributed by atoms with Gasteiger partial charge in [0.15, 0.2) is 0 Å². The van der Waals surface area contributed by atoms with Crippen LogP contribution >= 0.6 is 15.9 Å². The Morgan fingerprint density at radius 1 is 1.09 bits per heavy atom. The molecule has 0 bridgehead atoms. The third-order valence-electron chi connectivity index (χ3n) is 3.88. The second-order valence-electron chi connectivity index (χ2n) is 5.37. The van der Waals surface area contributed by atoms with Gasteiger partial charge < -0.3 is 5.73 Å². The Kier molecular flexibility index (Phi) is 4.05. The van der Waals surface area contributed by atoms with E-state index in [1.165, 1.54) is 0 Å². The molecule has 3 aromatic rings. The van der Waals surface area contributed by atoms with Gasteiger partial charge >= 0.3 is 0 Å². The number of halogens is 1. The highest BCUT2D eigenvalue weighted by molar-refractivity contribution is 9.10. The molecule has 5 heteroatoms. The van der Waals surface area contributed by atoms with Crippen LogP contribution in [0.4, 0.5) is 0 Å². The van der Waals surface area contributed by atoms with Crippen molar-refractivity contribution in [2.45, 2.75) is 13.3 Å². The molecule has 116 valence electrons. The molecule has 0 aliphatic rings. The molecule has 0 saturated heterocycles. The molecule has 0 unspecified atom stereocenters. The summed E-state index contributed by atoms with van der Waals surface area (Å²) in [7, 11) is 0. The van der Waals surface area contributed by atoms with Crippen molar-refractivity contribution in [2.75, 3.05) is 0 Å². The largest absolute Gasteiger partial charge is 0.366 e. The van der Waals surface area contributed by atoms with E-state index < -0.39 is 5.91 Å². The number of amides is 1. The van der Waals surface area contributed by atoms with Crippen LogP contribution in [0, 0.1) is 6.92 Å². The molecule has 1 aromatic heterocycles. The smallest absolute Gasteiger partial charge is 0.251 e. The molecule has 0 atom stereocenters. The SMILES string of the molecule is Cc1c(C(N)=O)c2ccccc2n1C(=O)Cc1ccc(Br)cc1. The number of benzene rings is 2. The molecule has 1 amide bonds. The lowest BCUT2D eigenvalue weighted by atomic mass is 10.1. The van der Waals surface area contributed by atoms with Crippen molar-refractivity contribution in [1.82, 2.24) is 4.57 Å². The second-order valence-corrected chi connectivity index (χ2v) is 6.29. The molecular weight excluding hydrogens is 356 g/mol. The third-order valence-corrected chi connectivity index (χ3v) is 4.40. The molecule has 0 saturated carbocycles. The van der Waals surface area contributed by atoms with Crippen molar-refractivity contribution in [3.8, 4) is 0 Å². The molecule has 0 aliphatic heterocycles. The molecule has 2 N–H and O–H groups in total. The number of hydrogen-bond donors (Lipinski definition) is 1. The van der Waals surface area contributed by atoms with Crippen molar-refractivity contribution in [1.29, 1.82) is 0 Å². The number of aromatic nitrogens is 1. The number of carbonyl (C=O) groups is 2. The summed E-state index contributed by atoms with van der Waals surface area (Å²) in [6.07, 6.45) is 0.255. The summed E-state index contributed by atoms with van der Waals surface area (Å²) in [5, 5.41) is 0.710.